The van der Waals surface area contributed by atoms with Gasteiger partial charge in [0, 0.05) is 24.7 Å². The first-order valence-corrected chi connectivity index (χ1v) is 7.33. The Hall–Kier alpha value is -1.95. The Morgan fingerprint density at radius 2 is 1.95 bits per heavy atom. The molecular weight excluding hydrogens is 270 g/mol. The van der Waals surface area contributed by atoms with Gasteiger partial charge in [0.1, 0.15) is 0 Å². The lowest BCUT2D eigenvalue weighted by atomic mass is 9.98. The molecule has 1 saturated carbocycles. The molecule has 0 aromatic heterocycles. The number of nitrogens with zero attached hydrogens (tertiary/aromatic N) is 1. The molecule has 0 radical (unpaired) electrons. The zero-order chi connectivity index (χ0) is 15.2. The molecule has 1 aromatic carbocycles. The highest BCUT2D eigenvalue weighted by Gasteiger charge is 2.25. The van der Waals surface area contributed by atoms with Crippen LogP contribution >= 0.6 is 0 Å². The molecule has 21 heavy (non-hydrogen) atoms. The Kier molecular flexibility index (Phi) is 5.27. The topological polar surface area (TPSA) is 98.3 Å². The highest BCUT2D eigenvalue weighted by molar-refractivity contribution is 5.79. The number of amides is 1. The molecule has 1 atom stereocenters. The minimum absolute atomic E-state index is 0.0324. The molecule has 1 unspecified atom stereocenters. The summed E-state index contributed by atoms with van der Waals surface area (Å²) >= 11 is 0. The average Bonchev–Trinajstić information content (AvgIpc) is 2.99. The van der Waals surface area contributed by atoms with Crippen LogP contribution in [0.1, 0.15) is 31.2 Å². The van der Waals surface area contributed by atoms with E-state index >= 15 is 0 Å². The van der Waals surface area contributed by atoms with Crippen molar-refractivity contribution in [2.24, 2.45) is 11.7 Å². The fourth-order valence-electron chi connectivity index (χ4n) is 2.91. The van der Waals surface area contributed by atoms with Crippen molar-refractivity contribution in [1.29, 1.82) is 0 Å². The third-order valence-electron chi connectivity index (χ3n) is 4.08. The van der Waals surface area contributed by atoms with Crippen LogP contribution in [-0.4, -0.2) is 23.4 Å². The normalized spacial score (nSPS) is 16.6. The smallest absolute Gasteiger partial charge is 0.269 e. The second-order valence-corrected chi connectivity index (χ2v) is 5.55. The van der Waals surface area contributed by atoms with Crippen LogP contribution < -0.4 is 11.1 Å². The molecule has 0 spiro atoms. The third-order valence-corrected chi connectivity index (χ3v) is 4.08. The van der Waals surface area contributed by atoms with Gasteiger partial charge in [-0.05, 0) is 24.3 Å². The summed E-state index contributed by atoms with van der Waals surface area (Å²) in [6, 6.07) is 6.10. The highest BCUT2D eigenvalue weighted by Crippen LogP contribution is 2.27. The van der Waals surface area contributed by atoms with Crippen LogP contribution in [0.4, 0.5) is 5.69 Å². The number of carbonyl (C=O) groups excluding carboxylic acids is 1. The number of nitro groups is 1. The molecule has 114 valence electrons. The number of hydrogen-bond donors (Lipinski definition) is 2. The monoisotopic (exact) mass is 291 g/mol. The van der Waals surface area contributed by atoms with Crippen LogP contribution in [0.5, 0.6) is 0 Å². The van der Waals surface area contributed by atoms with E-state index < -0.39 is 4.92 Å². The zero-order valence-corrected chi connectivity index (χ0v) is 12.0. The maximum absolute atomic E-state index is 12.1. The Morgan fingerprint density at radius 3 is 2.48 bits per heavy atom. The maximum Gasteiger partial charge on any atom is 0.269 e. The van der Waals surface area contributed by atoms with Crippen LogP contribution in [0.2, 0.25) is 0 Å². The van der Waals surface area contributed by atoms with Crippen LogP contribution in [0.15, 0.2) is 24.3 Å². The average molecular weight is 291 g/mol. The van der Waals surface area contributed by atoms with Crippen molar-refractivity contribution in [2.75, 3.05) is 6.54 Å². The number of carbonyl (C=O) groups is 1. The van der Waals surface area contributed by atoms with E-state index in [1.54, 1.807) is 12.1 Å². The van der Waals surface area contributed by atoms with Crippen molar-refractivity contribution in [3.63, 3.8) is 0 Å². The Balaban J connectivity index is 1.89. The number of nitrogens with two attached hydrogens (primary N) is 1. The van der Waals surface area contributed by atoms with Gasteiger partial charge in [0.2, 0.25) is 5.91 Å². The summed E-state index contributed by atoms with van der Waals surface area (Å²) in [5.41, 5.74) is 6.55. The standard InChI is InChI=1S/C15H21N3O3/c16-10-14(12-3-1-2-4-12)17-15(19)9-11-5-7-13(8-6-11)18(20)21/h5-8,12,14H,1-4,9-10,16H2,(H,17,19). The molecular formula is C15H21N3O3. The van der Waals surface area contributed by atoms with Crippen molar-refractivity contribution < 1.29 is 9.72 Å². The minimum atomic E-state index is -0.450. The lowest BCUT2D eigenvalue weighted by molar-refractivity contribution is -0.384. The maximum atomic E-state index is 12.1. The third kappa shape index (κ3) is 4.26. The predicted octanol–water partition coefficient (Wildman–Crippen LogP) is 1.77. The summed E-state index contributed by atoms with van der Waals surface area (Å²) in [6.45, 7) is 0.455. The largest absolute Gasteiger partial charge is 0.352 e. The van der Waals surface area contributed by atoms with Gasteiger partial charge < -0.3 is 11.1 Å². The van der Waals surface area contributed by atoms with E-state index in [-0.39, 0.29) is 24.1 Å². The quantitative estimate of drug-likeness (QED) is 0.616. The van der Waals surface area contributed by atoms with E-state index in [2.05, 4.69) is 5.32 Å². The van der Waals surface area contributed by atoms with Gasteiger partial charge in [-0.2, -0.15) is 0 Å². The van der Waals surface area contributed by atoms with E-state index in [1.807, 2.05) is 0 Å². The van der Waals surface area contributed by atoms with E-state index in [0.717, 1.165) is 18.4 Å². The van der Waals surface area contributed by atoms with E-state index in [0.29, 0.717) is 12.5 Å². The van der Waals surface area contributed by atoms with Gasteiger partial charge in [0.15, 0.2) is 0 Å². The second-order valence-electron chi connectivity index (χ2n) is 5.55. The molecule has 3 N–H and O–H groups in total. The van der Waals surface area contributed by atoms with Gasteiger partial charge in [-0.1, -0.05) is 25.0 Å². The summed E-state index contributed by atoms with van der Waals surface area (Å²) in [5, 5.41) is 13.6. The van der Waals surface area contributed by atoms with E-state index in [4.69, 9.17) is 5.73 Å². The fraction of sp³-hybridized carbons (Fsp3) is 0.533. The molecule has 6 nitrogen and oxygen atoms in total. The van der Waals surface area contributed by atoms with Crippen molar-refractivity contribution in [2.45, 2.75) is 38.1 Å². The van der Waals surface area contributed by atoms with Crippen molar-refractivity contribution in [3.8, 4) is 0 Å². The lowest BCUT2D eigenvalue weighted by Crippen LogP contribution is -2.45. The molecule has 0 saturated heterocycles. The molecule has 6 heteroatoms. The van der Waals surface area contributed by atoms with Crippen molar-refractivity contribution >= 4 is 11.6 Å². The van der Waals surface area contributed by atoms with Crippen molar-refractivity contribution in [3.05, 3.63) is 39.9 Å². The summed E-state index contributed by atoms with van der Waals surface area (Å²) in [4.78, 5) is 22.2. The van der Waals surface area contributed by atoms with Crippen LogP contribution in [0.25, 0.3) is 0 Å². The molecule has 2 rings (SSSR count). The predicted molar refractivity (Wildman–Crippen MR) is 79.7 cm³/mol. The molecule has 0 aliphatic heterocycles. The fourth-order valence-corrected chi connectivity index (χ4v) is 2.91. The first kappa shape index (κ1) is 15.4. The summed E-state index contributed by atoms with van der Waals surface area (Å²) in [5.74, 6) is 0.405. The highest BCUT2D eigenvalue weighted by atomic mass is 16.6. The molecule has 1 aliphatic rings. The molecule has 1 fully saturated rings. The molecule has 1 aliphatic carbocycles. The Labute approximate surface area is 123 Å². The van der Waals surface area contributed by atoms with E-state index in [9.17, 15) is 14.9 Å². The summed E-state index contributed by atoms with van der Waals surface area (Å²) in [6.07, 6.45) is 4.89. The molecule has 0 bridgehead atoms. The van der Waals surface area contributed by atoms with Gasteiger partial charge in [-0.15, -0.1) is 0 Å². The van der Waals surface area contributed by atoms with Crippen molar-refractivity contribution in [1.82, 2.24) is 5.32 Å². The number of nitro benzene ring substituents is 1. The minimum Gasteiger partial charge on any atom is -0.352 e. The molecule has 1 aromatic rings. The first-order chi connectivity index (χ1) is 10.1. The number of nitrogens with one attached hydrogen (secondary N) is 1. The zero-order valence-electron chi connectivity index (χ0n) is 12.0. The number of non-ortho nitro benzene ring substituents is 1. The van der Waals surface area contributed by atoms with Gasteiger partial charge in [-0.25, -0.2) is 0 Å². The molecule has 1 amide bonds. The van der Waals surface area contributed by atoms with Crippen LogP contribution in [0.3, 0.4) is 0 Å². The Bertz CT molecular complexity index is 495. The SMILES string of the molecule is NCC(NC(=O)Cc1ccc([N+](=O)[O-])cc1)C1CCCC1. The van der Waals surface area contributed by atoms with Gasteiger partial charge in [-0.3, -0.25) is 14.9 Å². The van der Waals surface area contributed by atoms with E-state index in [1.165, 1.54) is 25.0 Å². The second kappa shape index (κ2) is 7.17. The first-order valence-electron chi connectivity index (χ1n) is 7.33. The number of hydrogen-bond acceptors (Lipinski definition) is 4. The van der Waals surface area contributed by atoms with Crippen LogP contribution in [-0.2, 0) is 11.2 Å². The van der Waals surface area contributed by atoms with Gasteiger partial charge >= 0.3 is 0 Å². The summed E-state index contributed by atoms with van der Waals surface area (Å²) < 4.78 is 0. The lowest BCUT2D eigenvalue weighted by Gasteiger charge is -2.23. The van der Waals surface area contributed by atoms with Crippen LogP contribution in [0, 0.1) is 16.0 Å². The van der Waals surface area contributed by atoms with Gasteiger partial charge in [0.25, 0.3) is 5.69 Å². The Morgan fingerprint density at radius 1 is 1.33 bits per heavy atom. The number of benzene rings is 1. The summed E-state index contributed by atoms with van der Waals surface area (Å²) in [7, 11) is 0. The molecule has 0 heterocycles. The number of rotatable bonds is 6. The van der Waals surface area contributed by atoms with Gasteiger partial charge in [0.05, 0.1) is 11.3 Å².